The van der Waals surface area contributed by atoms with E-state index in [2.05, 4.69) is 48.4 Å². The predicted molar refractivity (Wildman–Crippen MR) is 82.9 cm³/mol. The summed E-state index contributed by atoms with van der Waals surface area (Å²) in [6.07, 6.45) is 4.73. The van der Waals surface area contributed by atoms with Crippen molar-refractivity contribution in [1.82, 2.24) is 10.3 Å². The second kappa shape index (κ2) is 7.06. The van der Waals surface area contributed by atoms with Crippen LogP contribution in [0.5, 0.6) is 5.75 Å². The maximum Gasteiger partial charge on any atom is 0.137 e. The van der Waals surface area contributed by atoms with Crippen LogP contribution in [-0.2, 0) is 0 Å². The zero-order valence-electron chi connectivity index (χ0n) is 12.4. The Balaban J connectivity index is 2.14. The van der Waals surface area contributed by atoms with Crippen molar-refractivity contribution in [2.75, 3.05) is 13.7 Å². The first-order valence-corrected chi connectivity index (χ1v) is 7.07. The highest BCUT2D eigenvalue weighted by Crippen LogP contribution is 2.24. The summed E-state index contributed by atoms with van der Waals surface area (Å²) in [6.45, 7) is 5.42. The molecule has 3 nitrogen and oxygen atoms in total. The van der Waals surface area contributed by atoms with Crippen LogP contribution in [0.1, 0.15) is 31.9 Å². The van der Waals surface area contributed by atoms with Crippen molar-refractivity contribution in [1.29, 1.82) is 0 Å². The summed E-state index contributed by atoms with van der Waals surface area (Å²) in [6, 6.07) is 11.0. The van der Waals surface area contributed by atoms with Gasteiger partial charge in [-0.2, -0.15) is 0 Å². The summed E-state index contributed by atoms with van der Waals surface area (Å²) in [5, 5.41) is 3.49. The van der Waals surface area contributed by atoms with Gasteiger partial charge >= 0.3 is 0 Å². The molecule has 0 bridgehead atoms. The lowest BCUT2D eigenvalue weighted by Crippen LogP contribution is -2.19. The molecule has 2 aromatic rings. The zero-order valence-corrected chi connectivity index (χ0v) is 12.4. The molecule has 0 amide bonds. The smallest absolute Gasteiger partial charge is 0.137 e. The second-order valence-electron chi connectivity index (χ2n) is 4.91. The molecule has 106 valence electrons. The van der Waals surface area contributed by atoms with Crippen molar-refractivity contribution in [2.45, 2.75) is 26.3 Å². The molecule has 1 unspecified atom stereocenters. The van der Waals surface area contributed by atoms with Gasteiger partial charge in [0, 0.05) is 17.8 Å². The van der Waals surface area contributed by atoms with Gasteiger partial charge in [0.15, 0.2) is 0 Å². The Bertz CT molecular complexity index is 537. The molecule has 0 radical (unpaired) electrons. The van der Waals surface area contributed by atoms with Crippen LogP contribution in [0.4, 0.5) is 0 Å². The van der Waals surface area contributed by atoms with E-state index in [1.165, 1.54) is 5.56 Å². The van der Waals surface area contributed by atoms with E-state index in [1.807, 2.05) is 12.3 Å². The molecule has 20 heavy (non-hydrogen) atoms. The fraction of sp³-hybridized carbons (Fsp3) is 0.353. The minimum Gasteiger partial charge on any atom is -0.495 e. The van der Waals surface area contributed by atoms with E-state index in [-0.39, 0.29) is 0 Å². The number of nitrogens with zero attached hydrogens (tertiary/aromatic N) is 1. The Morgan fingerprint density at radius 3 is 2.55 bits per heavy atom. The topological polar surface area (TPSA) is 34.2 Å². The number of pyridine rings is 1. The lowest BCUT2D eigenvalue weighted by atomic mass is 10.0. The first-order valence-electron chi connectivity index (χ1n) is 7.07. The minimum atomic E-state index is 0.382. The average molecular weight is 270 g/mol. The number of aromatic nitrogens is 1. The number of nitrogens with one attached hydrogen (secondary N) is 1. The molecular weight excluding hydrogens is 248 g/mol. The van der Waals surface area contributed by atoms with E-state index < -0.39 is 0 Å². The second-order valence-corrected chi connectivity index (χ2v) is 4.91. The van der Waals surface area contributed by atoms with Gasteiger partial charge in [-0.1, -0.05) is 31.2 Å². The Hall–Kier alpha value is -1.87. The van der Waals surface area contributed by atoms with Crippen LogP contribution in [0.2, 0.25) is 0 Å². The number of hydrogen-bond acceptors (Lipinski definition) is 3. The summed E-state index contributed by atoms with van der Waals surface area (Å²) >= 11 is 0. The van der Waals surface area contributed by atoms with E-state index in [0.717, 1.165) is 29.8 Å². The fourth-order valence-electron chi connectivity index (χ4n) is 2.13. The first kappa shape index (κ1) is 14.5. The molecule has 0 saturated heterocycles. The third-order valence-corrected chi connectivity index (χ3v) is 3.39. The Morgan fingerprint density at radius 1 is 1.15 bits per heavy atom. The lowest BCUT2D eigenvalue weighted by molar-refractivity contribution is 0.413. The molecular formula is C17H22N2O. The van der Waals surface area contributed by atoms with E-state index in [9.17, 15) is 0 Å². The van der Waals surface area contributed by atoms with Gasteiger partial charge in [-0.3, -0.25) is 4.98 Å². The molecule has 0 aliphatic rings. The van der Waals surface area contributed by atoms with Crippen LogP contribution in [0.15, 0.2) is 42.7 Å². The normalized spacial score (nSPS) is 12.2. The summed E-state index contributed by atoms with van der Waals surface area (Å²) < 4.78 is 5.21. The van der Waals surface area contributed by atoms with Gasteiger partial charge in [-0.05, 0) is 37.1 Å². The minimum absolute atomic E-state index is 0.382. The number of rotatable bonds is 6. The largest absolute Gasteiger partial charge is 0.495 e. The van der Waals surface area contributed by atoms with Crippen molar-refractivity contribution in [2.24, 2.45) is 0 Å². The van der Waals surface area contributed by atoms with Crippen LogP contribution >= 0.6 is 0 Å². The van der Waals surface area contributed by atoms with Crippen molar-refractivity contribution >= 4 is 0 Å². The van der Waals surface area contributed by atoms with Gasteiger partial charge in [0.25, 0.3) is 0 Å². The molecule has 1 atom stereocenters. The summed E-state index contributed by atoms with van der Waals surface area (Å²) in [7, 11) is 1.66. The molecule has 0 spiro atoms. The van der Waals surface area contributed by atoms with E-state index >= 15 is 0 Å². The molecule has 0 aliphatic carbocycles. The molecule has 0 fully saturated rings. The Labute approximate surface area is 121 Å². The van der Waals surface area contributed by atoms with Crippen molar-refractivity contribution in [3.05, 3.63) is 48.3 Å². The summed E-state index contributed by atoms with van der Waals surface area (Å²) in [5.74, 6) is 0.782. The van der Waals surface area contributed by atoms with Gasteiger partial charge in [-0.25, -0.2) is 0 Å². The highest BCUT2D eigenvalue weighted by molar-refractivity contribution is 5.64. The Morgan fingerprint density at radius 2 is 1.90 bits per heavy atom. The fourth-order valence-corrected chi connectivity index (χ4v) is 2.13. The highest BCUT2D eigenvalue weighted by atomic mass is 16.5. The maximum atomic E-state index is 5.21. The molecule has 1 heterocycles. The van der Waals surface area contributed by atoms with Gasteiger partial charge in [-0.15, -0.1) is 0 Å². The standard InChI is InChI=1S/C17H22N2O/c1-4-9-19-13(2)14-5-7-15(8-6-14)16-10-17(20-3)12-18-11-16/h5-8,10-13,19H,4,9H2,1-3H3. The van der Waals surface area contributed by atoms with Crippen LogP contribution in [0, 0.1) is 0 Å². The predicted octanol–water partition coefficient (Wildman–Crippen LogP) is 3.82. The molecule has 3 heteroatoms. The summed E-state index contributed by atoms with van der Waals surface area (Å²) in [5.41, 5.74) is 3.53. The van der Waals surface area contributed by atoms with Crippen molar-refractivity contribution < 1.29 is 4.74 Å². The van der Waals surface area contributed by atoms with Crippen LogP contribution in [0.25, 0.3) is 11.1 Å². The van der Waals surface area contributed by atoms with E-state index in [1.54, 1.807) is 13.3 Å². The quantitative estimate of drug-likeness (QED) is 0.866. The molecule has 1 aromatic heterocycles. The van der Waals surface area contributed by atoms with Gasteiger partial charge in [0.1, 0.15) is 5.75 Å². The van der Waals surface area contributed by atoms with E-state index in [4.69, 9.17) is 4.74 Å². The first-order chi connectivity index (χ1) is 9.74. The van der Waals surface area contributed by atoms with E-state index in [0.29, 0.717) is 6.04 Å². The number of benzene rings is 1. The lowest BCUT2D eigenvalue weighted by Gasteiger charge is -2.14. The SMILES string of the molecule is CCCNC(C)c1ccc(-c2cncc(OC)c2)cc1. The van der Waals surface area contributed by atoms with Crippen LogP contribution < -0.4 is 10.1 Å². The van der Waals surface area contributed by atoms with Gasteiger partial charge in [0.2, 0.25) is 0 Å². The maximum absolute atomic E-state index is 5.21. The highest BCUT2D eigenvalue weighted by Gasteiger charge is 2.05. The van der Waals surface area contributed by atoms with Crippen LogP contribution in [0.3, 0.4) is 0 Å². The Kier molecular flexibility index (Phi) is 5.13. The van der Waals surface area contributed by atoms with Gasteiger partial charge < -0.3 is 10.1 Å². The van der Waals surface area contributed by atoms with Crippen molar-refractivity contribution in [3.8, 4) is 16.9 Å². The number of methoxy groups -OCH3 is 1. The molecule has 2 rings (SSSR count). The van der Waals surface area contributed by atoms with Crippen molar-refractivity contribution in [3.63, 3.8) is 0 Å². The molecule has 0 aliphatic heterocycles. The molecule has 0 saturated carbocycles. The third kappa shape index (κ3) is 3.58. The number of hydrogen-bond donors (Lipinski definition) is 1. The molecule has 1 N–H and O–H groups in total. The third-order valence-electron chi connectivity index (χ3n) is 3.39. The average Bonchev–Trinajstić information content (AvgIpc) is 2.52. The van der Waals surface area contributed by atoms with Gasteiger partial charge in [0.05, 0.1) is 13.3 Å². The summed E-state index contributed by atoms with van der Waals surface area (Å²) in [4.78, 5) is 4.19. The zero-order chi connectivity index (χ0) is 14.4. The monoisotopic (exact) mass is 270 g/mol. The van der Waals surface area contributed by atoms with Crippen LogP contribution in [-0.4, -0.2) is 18.6 Å². The number of ether oxygens (including phenoxy) is 1. The molecule has 1 aromatic carbocycles.